The third kappa shape index (κ3) is 3.82. The van der Waals surface area contributed by atoms with Crippen molar-refractivity contribution in [2.24, 2.45) is 0 Å². The highest BCUT2D eigenvalue weighted by molar-refractivity contribution is 5.96. The molecule has 2 heterocycles. The number of nitrogens with one attached hydrogen (secondary N) is 1. The zero-order valence-corrected chi connectivity index (χ0v) is 17.0. The van der Waals surface area contributed by atoms with Crippen molar-refractivity contribution < 1.29 is 29.3 Å². The summed E-state index contributed by atoms with van der Waals surface area (Å²) in [6, 6.07) is 6.69. The van der Waals surface area contributed by atoms with Crippen LogP contribution in [-0.2, 0) is 14.3 Å². The van der Waals surface area contributed by atoms with E-state index in [2.05, 4.69) is 5.32 Å². The average Bonchev–Trinajstić information content (AvgIpc) is 3.39. The highest BCUT2D eigenvalue weighted by Gasteiger charge is 2.50. The van der Waals surface area contributed by atoms with Gasteiger partial charge in [0.2, 0.25) is 11.8 Å². The molecule has 1 aromatic carbocycles. The van der Waals surface area contributed by atoms with Gasteiger partial charge in [-0.15, -0.1) is 0 Å². The van der Waals surface area contributed by atoms with E-state index in [0.717, 1.165) is 18.4 Å². The minimum atomic E-state index is -0.998. The number of nitrogens with zero attached hydrogens (tertiary/aromatic N) is 1. The summed E-state index contributed by atoms with van der Waals surface area (Å²) in [6.07, 6.45) is 1.72. The number of aliphatic hydroxyl groups excluding tert-OH is 2. The zero-order valence-electron chi connectivity index (χ0n) is 17.0. The molecule has 0 unspecified atom stereocenters. The number of rotatable bonds is 6. The van der Waals surface area contributed by atoms with E-state index in [4.69, 9.17) is 14.6 Å². The van der Waals surface area contributed by atoms with Crippen LogP contribution in [0.4, 0.5) is 0 Å². The molecule has 1 fully saturated rings. The Bertz CT molecular complexity index is 835. The van der Waals surface area contributed by atoms with Crippen molar-refractivity contribution in [3.05, 3.63) is 41.5 Å². The highest BCUT2D eigenvalue weighted by atomic mass is 16.5. The van der Waals surface area contributed by atoms with Gasteiger partial charge >= 0.3 is 0 Å². The van der Waals surface area contributed by atoms with Crippen LogP contribution in [0.5, 0.6) is 5.75 Å². The van der Waals surface area contributed by atoms with Crippen LogP contribution in [0.25, 0.3) is 0 Å². The average molecular weight is 416 g/mol. The molecule has 3 N–H and O–H groups in total. The summed E-state index contributed by atoms with van der Waals surface area (Å²) in [5.41, 5.74) is 1.27. The van der Waals surface area contributed by atoms with E-state index in [1.165, 1.54) is 6.92 Å². The smallest absolute Gasteiger partial charge is 0.247 e. The maximum Gasteiger partial charge on any atom is 0.247 e. The van der Waals surface area contributed by atoms with Gasteiger partial charge < -0.3 is 29.9 Å². The van der Waals surface area contributed by atoms with Crippen molar-refractivity contribution in [3.63, 3.8) is 0 Å². The molecular weight excluding hydrogens is 388 g/mol. The molecule has 30 heavy (non-hydrogen) atoms. The first kappa shape index (κ1) is 20.8. The Hall–Kier alpha value is -2.42. The van der Waals surface area contributed by atoms with Crippen molar-refractivity contribution in [2.45, 2.75) is 50.0 Å². The van der Waals surface area contributed by atoms with Gasteiger partial charge in [0.05, 0.1) is 24.7 Å². The topological polar surface area (TPSA) is 108 Å². The summed E-state index contributed by atoms with van der Waals surface area (Å²) in [5.74, 6) is -0.351. The fourth-order valence-corrected chi connectivity index (χ4v) is 4.66. The van der Waals surface area contributed by atoms with Crippen LogP contribution in [0.3, 0.4) is 0 Å². The number of amides is 2. The standard InChI is InChI=1S/C22H28N2O6/c1-13(26)24(12-14-5-4-10-29-14)17-11-16(22(28)23-8-9-25)19-15-6-2-3-7-18(15)30-21(19)20(17)27/h2-3,6-7,11,14,17,19-21,25,27H,4-5,8-10,12H2,1H3,(H,23,28)/t14-,17+,19-,20-,21-/m0/s1. The van der Waals surface area contributed by atoms with Crippen molar-refractivity contribution in [1.29, 1.82) is 0 Å². The van der Waals surface area contributed by atoms with Crippen LogP contribution in [0, 0.1) is 0 Å². The number of benzene rings is 1. The lowest BCUT2D eigenvalue weighted by Crippen LogP contribution is -2.56. The third-order valence-corrected chi connectivity index (χ3v) is 6.07. The Labute approximate surface area is 175 Å². The van der Waals surface area contributed by atoms with Crippen LogP contribution in [-0.4, -0.2) is 77.6 Å². The van der Waals surface area contributed by atoms with Crippen LogP contribution in [0.1, 0.15) is 31.2 Å². The number of fused-ring (bicyclic) bond motifs is 3. The second-order valence-corrected chi connectivity index (χ2v) is 7.99. The molecule has 0 radical (unpaired) electrons. The first-order valence-corrected chi connectivity index (χ1v) is 10.4. The van der Waals surface area contributed by atoms with Gasteiger partial charge in [0.15, 0.2) is 0 Å². The molecule has 5 atom stereocenters. The van der Waals surface area contributed by atoms with Crippen molar-refractivity contribution in [2.75, 3.05) is 26.3 Å². The molecule has 1 aromatic rings. The van der Waals surface area contributed by atoms with Gasteiger partial charge in [0.1, 0.15) is 18.0 Å². The van der Waals surface area contributed by atoms with Crippen molar-refractivity contribution >= 4 is 11.8 Å². The lowest BCUT2D eigenvalue weighted by molar-refractivity contribution is -0.136. The molecular formula is C22H28N2O6. The third-order valence-electron chi connectivity index (χ3n) is 6.07. The maximum absolute atomic E-state index is 12.9. The quantitative estimate of drug-likeness (QED) is 0.617. The lowest BCUT2D eigenvalue weighted by Gasteiger charge is -2.41. The minimum Gasteiger partial charge on any atom is -0.486 e. The molecule has 1 aliphatic carbocycles. The molecule has 0 bridgehead atoms. The van der Waals surface area contributed by atoms with Gasteiger partial charge in [-0.05, 0) is 25.0 Å². The number of hydrogen-bond donors (Lipinski definition) is 3. The molecule has 8 heteroatoms. The molecule has 1 saturated heterocycles. The summed E-state index contributed by atoms with van der Waals surface area (Å²) in [7, 11) is 0. The Kier molecular flexibility index (Phi) is 6.08. The molecule has 162 valence electrons. The summed E-state index contributed by atoms with van der Waals surface area (Å²) in [6.45, 7) is 2.42. The van der Waals surface area contributed by atoms with Crippen molar-refractivity contribution in [3.8, 4) is 5.75 Å². The largest absolute Gasteiger partial charge is 0.486 e. The van der Waals surface area contributed by atoms with Crippen LogP contribution < -0.4 is 10.1 Å². The van der Waals surface area contributed by atoms with Gasteiger partial charge in [-0.25, -0.2) is 0 Å². The Morgan fingerprint density at radius 1 is 1.30 bits per heavy atom. The van der Waals surface area contributed by atoms with E-state index < -0.39 is 24.2 Å². The predicted octanol–water partition coefficient (Wildman–Crippen LogP) is 0.337. The number of carbonyl (C=O) groups excluding carboxylic acids is 2. The molecule has 8 nitrogen and oxygen atoms in total. The van der Waals surface area contributed by atoms with Gasteiger partial charge in [-0.3, -0.25) is 9.59 Å². The molecule has 2 amide bonds. The monoisotopic (exact) mass is 416 g/mol. The van der Waals surface area contributed by atoms with Gasteiger partial charge in [0, 0.05) is 37.8 Å². The summed E-state index contributed by atoms with van der Waals surface area (Å²) >= 11 is 0. The van der Waals surface area contributed by atoms with E-state index in [1.54, 1.807) is 11.0 Å². The van der Waals surface area contributed by atoms with Crippen molar-refractivity contribution in [1.82, 2.24) is 10.2 Å². The molecule has 4 rings (SSSR count). The molecule has 0 saturated carbocycles. The number of para-hydroxylation sites is 1. The van der Waals surface area contributed by atoms with Crippen LogP contribution in [0.15, 0.2) is 35.9 Å². The fraction of sp³-hybridized carbons (Fsp3) is 0.545. The van der Waals surface area contributed by atoms with E-state index in [-0.39, 0.29) is 31.1 Å². The first-order chi connectivity index (χ1) is 14.5. The van der Waals surface area contributed by atoms with Gasteiger partial charge in [-0.2, -0.15) is 0 Å². The van der Waals surface area contributed by atoms with Crippen LogP contribution in [0.2, 0.25) is 0 Å². The number of ether oxygens (including phenoxy) is 2. The molecule has 3 aliphatic rings. The minimum absolute atomic E-state index is 0.0828. The second kappa shape index (κ2) is 8.75. The van der Waals surface area contributed by atoms with Gasteiger partial charge in [-0.1, -0.05) is 18.2 Å². The van der Waals surface area contributed by atoms with E-state index in [0.29, 0.717) is 24.5 Å². The normalized spacial score (nSPS) is 29.4. The van der Waals surface area contributed by atoms with E-state index >= 15 is 0 Å². The number of hydrogen-bond acceptors (Lipinski definition) is 6. The number of aliphatic hydroxyl groups is 2. The molecule has 2 aliphatic heterocycles. The SMILES string of the molecule is CC(=O)N(C[C@@H]1CCCO1)[C@@H]1C=C(C(=O)NCCO)[C@@H]2c3ccccc3O[C@@H]2[C@H]1O. The zero-order chi connectivity index (χ0) is 21.3. The second-order valence-electron chi connectivity index (χ2n) is 7.99. The fourth-order valence-electron chi connectivity index (χ4n) is 4.66. The highest BCUT2D eigenvalue weighted by Crippen LogP contribution is 2.47. The number of carbonyl (C=O) groups is 2. The van der Waals surface area contributed by atoms with E-state index in [9.17, 15) is 14.7 Å². The lowest BCUT2D eigenvalue weighted by atomic mass is 9.77. The Morgan fingerprint density at radius 2 is 2.10 bits per heavy atom. The van der Waals surface area contributed by atoms with E-state index in [1.807, 2.05) is 24.3 Å². The summed E-state index contributed by atoms with van der Waals surface area (Å²) in [4.78, 5) is 27.0. The molecule has 0 spiro atoms. The van der Waals surface area contributed by atoms with Gasteiger partial charge in [0.25, 0.3) is 0 Å². The Morgan fingerprint density at radius 3 is 2.80 bits per heavy atom. The first-order valence-electron chi connectivity index (χ1n) is 10.4. The van der Waals surface area contributed by atoms with Crippen LogP contribution >= 0.6 is 0 Å². The Balaban J connectivity index is 1.70. The maximum atomic E-state index is 12.9. The summed E-state index contributed by atoms with van der Waals surface area (Å²) < 4.78 is 11.7. The molecule has 0 aromatic heterocycles. The summed E-state index contributed by atoms with van der Waals surface area (Å²) in [5, 5.41) is 23.0. The predicted molar refractivity (Wildman–Crippen MR) is 108 cm³/mol.